The third kappa shape index (κ3) is 2.84. The maximum atomic E-state index is 4.44. The van der Waals surface area contributed by atoms with E-state index in [0.29, 0.717) is 0 Å². The summed E-state index contributed by atoms with van der Waals surface area (Å²) < 4.78 is 4.09. The molecule has 2 heterocycles. The molecule has 24 heavy (non-hydrogen) atoms. The molecule has 0 spiro atoms. The Hall–Kier alpha value is -2.49. The third-order valence-corrected chi connectivity index (χ3v) is 4.53. The van der Waals surface area contributed by atoms with Crippen molar-refractivity contribution >= 4 is 0 Å². The summed E-state index contributed by atoms with van der Waals surface area (Å²) in [6.07, 6.45) is 5.75. The fraction of sp³-hybridized carbons (Fsp3) is 0.350. The largest absolute Gasteiger partial charge is 0.300 e. The van der Waals surface area contributed by atoms with Gasteiger partial charge >= 0.3 is 0 Å². The summed E-state index contributed by atoms with van der Waals surface area (Å²) in [4.78, 5) is 4.44. The van der Waals surface area contributed by atoms with Crippen molar-refractivity contribution in [2.75, 3.05) is 0 Å². The lowest BCUT2D eigenvalue weighted by Gasteiger charge is -2.22. The SMILES string of the molecule is Cc1c(-c2ccnn2C)cc(C(C)(C)C)cc1-[n+]1cccnc1C. The fourth-order valence-corrected chi connectivity index (χ4v) is 2.99. The van der Waals surface area contributed by atoms with Gasteiger partial charge in [0.05, 0.1) is 5.69 Å². The van der Waals surface area contributed by atoms with Gasteiger partial charge in [0, 0.05) is 37.4 Å². The highest BCUT2D eigenvalue weighted by Gasteiger charge is 2.22. The molecule has 0 saturated carbocycles. The van der Waals surface area contributed by atoms with E-state index in [9.17, 15) is 0 Å². The zero-order valence-electron chi connectivity index (χ0n) is 15.3. The second kappa shape index (κ2) is 5.86. The van der Waals surface area contributed by atoms with Gasteiger partial charge in [-0.1, -0.05) is 25.8 Å². The standard InChI is InChI=1S/C20H25N4/c1-14-17(18-8-10-22-23(18)6)12-16(20(3,4)5)13-19(14)24-11-7-9-21-15(24)2/h7-13H,1-6H3/q+1. The number of nitrogens with zero attached hydrogens (tertiary/aromatic N) is 4. The highest BCUT2D eigenvalue weighted by molar-refractivity contribution is 5.68. The van der Waals surface area contributed by atoms with E-state index in [2.05, 4.69) is 66.7 Å². The Labute approximate surface area is 143 Å². The smallest absolute Gasteiger partial charge is 0.268 e. The minimum atomic E-state index is 0.0620. The lowest BCUT2D eigenvalue weighted by atomic mass is 9.84. The molecule has 0 bridgehead atoms. The molecule has 124 valence electrons. The Morgan fingerprint density at radius 3 is 2.42 bits per heavy atom. The summed E-state index contributed by atoms with van der Waals surface area (Å²) in [5, 5.41) is 4.34. The van der Waals surface area contributed by atoms with Crippen molar-refractivity contribution in [2.45, 2.75) is 40.0 Å². The van der Waals surface area contributed by atoms with E-state index in [1.54, 1.807) is 0 Å². The van der Waals surface area contributed by atoms with Gasteiger partial charge in [-0.15, -0.1) is 0 Å². The number of rotatable bonds is 2. The van der Waals surface area contributed by atoms with Crippen LogP contribution in [0.3, 0.4) is 0 Å². The van der Waals surface area contributed by atoms with Crippen LogP contribution in [0.25, 0.3) is 16.9 Å². The molecule has 0 aliphatic heterocycles. The molecule has 0 saturated heterocycles. The Bertz CT molecular complexity index is 885. The van der Waals surface area contributed by atoms with Crippen LogP contribution in [0, 0.1) is 13.8 Å². The number of benzene rings is 1. The molecule has 0 fully saturated rings. The minimum absolute atomic E-state index is 0.0620. The second-order valence-electron chi connectivity index (χ2n) is 7.29. The van der Waals surface area contributed by atoms with Gasteiger partial charge in [-0.2, -0.15) is 5.10 Å². The highest BCUT2D eigenvalue weighted by atomic mass is 15.3. The van der Waals surface area contributed by atoms with Crippen molar-refractivity contribution < 1.29 is 4.57 Å². The Morgan fingerprint density at radius 1 is 1.08 bits per heavy atom. The molecule has 3 aromatic rings. The molecule has 0 unspecified atom stereocenters. The van der Waals surface area contributed by atoms with Crippen molar-refractivity contribution in [3.63, 3.8) is 0 Å². The summed E-state index contributed by atoms with van der Waals surface area (Å²) in [5.74, 6) is 0.975. The Kier molecular flexibility index (Phi) is 3.99. The van der Waals surface area contributed by atoms with Crippen molar-refractivity contribution in [3.05, 3.63) is 59.8 Å². The first-order valence-corrected chi connectivity index (χ1v) is 8.26. The van der Waals surface area contributed by atoms with E-state index in [0.717, 1.165) is 11.5 Å². The number of aryl methyl sites for hydroxylation is 2. The highest BCUT2D eigenvalue weighted by Crippen LogP contribution is 2.32. The van der Waals surface area contributed by atoms with E-state index < -0.39 is 0 Å². The van der Waals surface area contributed by atoms with E-state index in [1.807, 2.05) is 37.1 Å². The molecular weight excluding hydrogens is 296 g/mol. The van der Waals surface area contributed by atoms with Crippen LogP contribution in [-0.4, -0.2) is 14.8 Å². The van der Waals surface area contributed by atoms with Crippen molar-refractivity contribution in [1.82, 2.24) is 14.8 Å². The maximum absolute atomic E-state index is 4.44. The van der Waals surface area contributed by atoms with Crippen molar-refractivity contribution in [2.24, 2.45) is 7.05 Å². The van der Waals surface area contributed by atoms with Gasteiger partial charge < -0.3 is 0 Å². The van der Waals surface area contributed by atoms with E-state index in [1.165, 1.54) is 22.4 Å². The van der Waals surface area contributed by atoms with Crippen molar-refractivity contribution in [3.8, 4) is 16.9 Å². The normalized spacial score (nSPS) is 11.8. The van der Waals surface area contributed by atoms with Crippen LogP contribution >= 0.6 is 0 Å². The molecule has 0 aliphatic carbocycles. The van der Waals surface area contributed by atoms with Crippen LogP contribution in [0.4, 0.5) is 0 Å². The number of aromatic nitrogens is 4. The molecular formula is C20H25N4+. The molecule has 0 radical (unpaired) electrons. The predicted molar refractivity (Wildman–Crippen MR) is 96.1 cm³/mol. The van der Waals surface area contributed by atoms with Gasteiger partial charge in [-0.25, -0.2) is 4.57 Å². The van der Waals surface area contributed by atoms with E-state index >= 15 is 0 Å². The van der Waals surface area contributed by atoms with Crippen LogP contribution in [0.2, 0.25) is 0 Å². The summed E-state index contributed by atoms with van der Waals surface area (Å²) in [7, 11) is 1.99. The van der Waals surface area contributed by atoms with Crippen LogP contribution in [0.1, 0.15) is 37.7 Å². The first-order chi connectivity index (χ1) is 11.3. The lowest BCUT2D eigenvalue weighted by molar-refractivity contribution is -0.606. The van der Waals surface area contributed by atoms with Gasteiger partial charge in [-0.05, 0) is 36.1 Å². The molecule has 3 rings (SSSR count). The molecule has 4 nitrogen and oxygen atoms in total. The zero-order chi connectivity index (χ0) is 17.5. The van der Waals surface area contributed by atoms with Crippen LogP contribution < -0.4 is 4.57 Å². The van der Waals surface area contributed by atoms with Gasteiger partial charge in [0.1, 0.15) is 18.1 Å². The molecule has 0 aliphatic rings. The van der Waals surface area contributed by atoms with E-state index in [-0.39, 0.29) is 5.41 Å². The summed E-state index contributed by atoms with van der Waals surface area (Å²) in [6, 6.07) is 8.62. The number of hydrogen-bond donors (Lipinski definition) is 0. The Morgan fingerprint density at radius 2 is 1.83 bits per heavy atom. The van der Waals surface area contributed by atoms with Crippen LogP contribution in [0.15, 0.2) is 42.9 Å². The molecule has 0 amide bonds. The average Bonchev–Trinajstić information content (AvgIpc) is 2.93. The maximum Gasteiger partial charge on any atom is 0.300 e. The quantitative estimate of drug-likeness (QED) is 0.675. The average molecular weight is 321 g/mol. The van der Waals surface area contributed by atoms with Gasteiger partial charge in [0.15, 0.2) is 0 Å². The van der Waals surface area contributed by atoms with Crippen molar-refractivity contribution in [1.29, 1.82) is 0 Å². The minimum Gasteiger partial charge on any atom is -0.268 e. The van der Waals surface area contributed by atoms with Gasteiger partial charge in [-0.3, -0.25) is 4.68 Å². The van der Waals surface area contributed by atoms with Gasteiger partial charge in [0.2, 0.25) is 0 Å². The first-order valence-electron chi connectivity index (χ1n) is 8.26. The van der Waals surface area contributed by atoms with Crippen LogP contribution in [-0.2, 0) is 12.5 Å². The zero-order valence-corrected chi connectivity index (χ0v) is 15.3. The Balaban J connectivity index is 2.34. The lowest BCUT2D eigenvalue weighted by Crippen LogP contribution is -2.36. The monoisotopic (exact) mass is 321 g/mol. The third-order valence-electron chi connectivity index (χ3n) is 4.53. The topological polar surface area (TPSA) is 34.6 Å². The fourth-order valence-electron chi connectivity index (χ4n) is 2.99. The molecule has 0 atom stereocenters. The first kappa shape index (κ1) is 16.4. The van der Waals surface area contributed by atoms with E-state index in [4.69, 9.17) is 0 Å². The summed E-state index contributed by atoms with van der Waals surface area (Å²) in [5.41, 5.74) is 6.11. The number of hydrogen-bond acceptors (Lipinski definition) is 2. The molecule has 2 aromatic heterocycles. The predicted octanol–water partition coefficient (Wildman–Crippen LogP) is 3.67. The van der Waals surface area contributed by atoms with Crippen LogP contribution in [0.5, 0.6) is 0 Å². The summed E-state index contributed by atoms with van der Waals surface area (Å²) in [6.45, 7) is 10.9. The molecule has 0 N–H and O–H groups in total. The summed E-state index contributed by atoms with van der Waals surface area (Å²) >= 11 is 0. The molecule has 1 aromatic carbocycles. The van der Waals surface area contributed by atoms with Gasteiger partial charge in [0.25, 0.3) is 5.82 Å². The second-order valence-corrected chi connectivity index (χ2v) is 7.29. The molecule has 4 heteroatoms.